The molecule has 0 aliphatic rings. The Bertz CT molecular complexity index is 451. The summed E-state index contributed by atoms with van der Waals surface area (Å²) in [4.78, 5) is 17.8. The van der Waals surface area contributed by atoms with Crippen molar-refractivity contribution in [1.82, 2.24) is 10.3 Å². The van der Waals surface area contributed by atoms with Gasteiger partial charge in [-0.1, -0.05) is 13.8 Å². The number of rotatable bonds is 7. The summed E-state index contributed by atoms with van der Waals surface area (Å²) < 4.78 is 5.51. The molecule has 0 fully saturated rings. The predicted molar refractivity (Wildman–Crippen MR) is 80.9 cm³/mol. The van der Waals surface area contributed by atoms with Crippen LogP contribution in [-0.2, 0) is 4.79 Å². The lowest BCUT2D eigenvalue weighted by molar-refractivity contribution is -0.123. The number of anilines is 2. The highest BCUT2D eigenvalue weighted by atomic mass is 16.5. The molecule has 1 aromatic rings. The van der Waals surface area contributed by atoms with Crippen molar-refractivity contribution < 1.29 is 9.53 Å². The average Bonchev–Trinajstić information content (AvgIpc) is 2.45. The Morgan fingerprint density at radius 1 is 1.55 bits per heavy atom. The van der Waals surface area contributed by atoms with E-state index >= 15 is 0 Å². The molecular formula is C14H24N4O2. The van der Waals surface area contributed by atoms with Crippen LogP contribution in [-0.4, -0.2) is 38.1 Å². The monoisotopic (exact) mass is 280 g/mol. The lowest BCUT2D eigenvalue weighted by atomic mass is 10.1. The summed E-state index contributed by atoms with van der Waals surface area (Å²) >= 11 is 0. The Balaban J connectivity index is 2.77. The summed E-state index contributed by atoms with van der Waals surface area (Å²) in [5, 5.41) is 2.64. The third-order valence-corrected chi connectivity index (χ3v) is 2.95. The lowest BCUT2D eigenvalue weighted by Crippen LogP contribution is -2.34. The molecule has 112 valence electrons. The summed E-state index contributed by atoms with van der Waals surface area (Å²) in [5.74, 6) is 1.07. The highest BCUT2D eigenvalue weighted by molar-refractivity contribution is 5.78. The van der Waals surface area contributed by atoms with Crippen molar-refractivity contribution >= 4 is 17.4 Å². The molecule has 0 saturated carbocycles. The molecule has 6 heteroatoms. The largest absolute Gasteiger partial charge is 0.476 e. The molecule has 1 heterocycles. The van der Waals surface area contributed by atoms with Gasteiger partial charge in [0.05, 0.1) is 18.2 Å². The van der Waals surface area contributed by atoms with Gasteiger partial charge in [0.25, 0.3) is 0 Å². The highest BCUT2D eigenvalue weighted by Crippen LogP contribution is 2.23. The summed E-state index contributed by atoms with van der Waals surface area (Å²) in [6.07, 6.45) is 0.898. The number of carbonyl (C=O) groups is 1. The third-order valence-electron chi connectivity index (χ3n) is 2.95. The smallest absolute Gasteiger partial charge is 0.239 e. The normalized spacial score (nSPS) is 11.8. The molecule has 0 radical (unpaired) electrons. The van der Waals surface area contributed by atoms with E-state index in [4.69, 9.17) is 10.5 Å². The molecule has 1 aromatic heterocycles. The predicted octanol–water partition coefficient (Wildman–Crippen LogP) is 1.27. The molecule has 6 nitrogen and oxygen atoms in total. The second-order valence-electron chi connectivity index (χ2n) is 4.81. The zero-order valence-electron chi connectivity index (χ0n) is 12.6. The zero-order valence-corrected chi connectivity index (χ0v) is 12.6. The van der Waals surface area contributed by atoms with Crippen LogP contribution in [0.2, 0.25) is 0 Å². The van der Waals surface area contributed by atoms with Crippen LogP contribution in [0.4, 0.5) is 11.5 Å². The first-order valence-electron chi connectivity index (χ1n) is 6.81. The summed E-state index contributed by atoms with van der Waals surface area (Å²) in [5.41, 5.74) is 6.35. The number of nitrogen functional groups attached to an aromatic ring is 1. The van der Waals surface area contributed by atoms with E-state index in [-0.39, 0.29) is 11.8 Å². The fourth-order valence-electron chi connectivity index (χ4n) is 1.80. The minimum Gasteiger partial charge on any atom is -0.476 e. The summed E-state index contributed by atoms with van der Waals surface area (Å²) in [6, 6.07) is 3.60. The van der Waals surface area contributed by atoms with E-state index in [2.05, 4.69) is 10.3 Å². The third kappa shape index (κ3) is 4.29. The topological polar surface area (TPSA) is 80.5 Å². The van der Waals surface area contributed by atoms with Crippen molar-refractivity contribution in [3.05, 3.63) is 12.1 Å². The molecule has 0 aromatic carbocycles. The molecule has 0 aliphatic carbocycles. The number of ether oxygens (including phenoxy) is 1. The van der Waals surface area contributed by atoms with Gasteiger partial charge in [0.15, 0.2) is 0 Å². The highest BCUT2D eigenvalue weighted by Gasteiger charge is 2.15. The van der Waals surface area contributed by atoms with Crippen molar-refractivity contribution in [3.8, 4) is 5.88 Å². The van der Waals surface area contributed by atoms with Gasteiger partial charge in [-0.2, -0.15) is 4.98 Å². The van der Waals surface area contributed by atoms with Gasteiger partial charge in [-0.3, -0.25) is 4.79 Å². The van der Waals surface area contributed by atoms with Gasteiger partial charge in [-0.25, -0.2) is 0 Å². The van der Waals surface area contributed by atoms with E-state index in [0.29, 0.717) is 24.7 Å². The molecule has 1 amide bonds. The van der Waals surface area contributed by atoms with E-state index < -0.39 is 0 Å². The number of amides is 1. The molecule has 3 N–H and O–H groups in total. The van der Waals surface area contributed by atoms with Gasteiger partial charge in [0.2, 0.25) is 11.8 Å². The van der Waals surface area contributed by atoms with Crippen LogP contribution in [0.25, 0.3) is 0 Å². The summed E-state index contributed by atoms with van der Waals surface area (Å²) in [6.45, 7) is 5.06. The maximum atomic E-state index is 11.5. The first-order chi connectivity index (χ1) is 9.49. The fourth-order valence-corrected chi connectivity index (χ4v) is 1.80. The van der Waals surface area contributed by atoms with E-state index in [9.17, 15) is 4.79 Å². The van der Waals surface area contributed by atoms with Gasteiger partial charge < -0.3 is 20.7 Å². The van der Waals surface area contributed by atoms with Crippen molar-refractivity contribution in [2.24, 2.45) is 5.92 Å². The summed E-state index contributed by atoms with van der Waals surface area (Å²) in [7, 11) is 3.53. The maximum Gasteiger partial charge on any atom is 0.239 e. The Labute approximate surface area is 120 Å². The number of hydrogen-bond acceptors (Lipinski definition) is 5. The van der Waals surface area contributed by atoms with Gasteiger partial charge in [-0.05, 0) is 18.6 Å². The van der Waals surface area contributed by atoms with Crippen LogP contribution in [0.15, 0.2) is 12.1 Å². The number of nitrogens with two attached hydrogens (primary N) is 1. The van der Waals surface area contributed by atoms with Crippen LogP contribution < -0.4 is 20.7 Å². The number of nitrogens with one attached hydrogen (secondary N) is 1. The second-order valence-corrected chi connectivity index (χ2v) is 4.81. The fraction of sp³-hybridized carbons (Fsp3) is 0.571. The van der Waals surface area contributed by atoms with Crippen molar-refractivity contribution in [3.63, 3.8) is 0 Å². The number of nitrogens with zero attached hydrogens (tertiary/aromatic N) is 2. The van der Waals surface area contributed by atoms with E-state index in [1.807, 2.05) is 31.9 Å². The number of hydrogen-bond donors (Lipinski definition) is 2. The molecule has 0 spiro atoms. The Hall–Kier alpha value is -1.98. The van der Waals surface area contributed by atoms with E-state index in [0.717, 1.165) is 12.2 Å². The maximum absolute atomic E-state index is 11.5. The Morgan fingerprint density at radius 3 is 2.85 bits per heavy atom. The molecule has 1 unspecified atom stereocenters. The van der Waals surface area contributed by atoms with Gasteiger partial charge in [0.1, 0.15) is 5.82 Å². The molecule has 0 bridgehead atoms. The molecular weight excluding hydrogens is 256 g/mol. The van der Waals surface area contributed by atoms with Gasteiger partial charge in [0, 0.05) is 20.6 Å². The molecule has 20 heavy (non-hydrogen) atoms. The van der Waals surface area contributed by atoms with Crippen LogP contribution in [0.5, 0.6) is 5.88 Å². The first-order valence-corrected chi connectivity index (χ1v) is 6.81. The number of pyridine rings is 1. The minimum atomic E-state index is -0.121. The number of carbonyl (C=O) groups excluding carboxylic acids is 1. The Morgan fingerprint density at radius 2 is 2.25 bits per heavy atom. The van der Waals surface area contributed by atoms with Gasteiger partial charge in [-0.15, -0.1) is 0 Å². The van der Waals surface area contributed by atoms with Crippen LogP contribution in [0, 0.1) is 5.92 Å². The SMILES string of the molecule is CCCOc1nc(N(C)CC(C)C(=O)NC)ccc1N. The molecule has 1 rings (SSSR count). The second kappa shape index (κ2) is 7.57. The molecule has 0 saturated heterocycles. The minimum absolute atomic E-state index is 0.00903. The first kappa shape index (κ1) is 16.1. The quantitative estimate of drug-likeness (QED) is 0.786. The van der Waals surface area contributed by atoms with Crippen molar-refractivity contribution in [2.45, 2.75) is 20.3 Å². The molecule has 0 aliphatic heterocycles. The van der Waals surface area contributed by atoms with Crippen LogP contribution in [0.3, 0.4) is 0 Å². The average molecular weight is 280 g/mol. The lowest BCUT2D eigenvalue weighted by Gasteiger charge is -2.22. The zero-order chi connectivity index (χ0) is 15.1. The van der Waals surface area contributed by atoms with Crippen LogP contribution in [0.1, 0.15) is 20.3 Å². The van der Waals surface area contributed by atoms with Crippen molar-refractivity contribution in [2.75, 3.05) is 37.9 Å². The van der Waals surface area contributed by atoms with Gasteiger partial charge >= 0.3 is 0 Å². The van der Waals surface area contributed by atoms with E-state index in [1.165, 1.54) is 0 Å². The number of aromatic nitrogens is 1. The van der Waals surface area contributed by atoms with Crippen molar-refractivity contribution in [1.29, 1.82) is 0 Å². The molecule has 1 atom stereocenters. The Kier molecular flexibility index (Phi) is 6.09. The standard InChI is InChI=1S/C14H24N4O2/c1-5-8-20-14-11(15)6-7-12(17-14)18(4)9-10(2)13(19)16-3/h6-7,10H,5,8-9,15H2,1-4H3,(H,16,19). The van der Waals surface area contributed by atoms with Crippen LogP contribution >= 0.6 is 0 Å². The van der Waals surface area contributed by atoms with E-state index in [1.54, 1.807) is 13.1 Å².